The van der Waals surface area contributed by atoms with Gasteiger partial charge in [0.25, 0.3) is 0 Å². The van der Waals surface area contributed by atoms with E-state index in [2.05, 4.69) is 129 Å². The van der Waals surface area contributed by atoms with Crippen molar-refractivity contribution in [2.45, 2.75) is 232 Å². The number of nitrogens with one attached hydrogen (secondary N) is 1. The van der Waals surface area contributed by atoms with Crippen molar-refractivity contribution in [3.05, 3.63) is 109 Å². The average molecular weight is 874 g/mol. The van der Waals surface area contributed by atoms with Crippen LogP contribution in [0.5, 0.6) is 0 Å². The van der Waals surface area contributed by atoms with Gasteiger partial charge in [0.1, 0.15) is 6.10 Å². The van der Waals surface area contributed by atoms with Crippen molar-refractivity contribution in [1.82, 2.24) is 5.32 Å². The van der Waals surface area contributed by atoms with E-state index in [1.165, 1.54) is 57.8 Å². The third-order valence-corrected chi connectivity index (χ3v) is 10.9. The molecule has 0 fully saturated rings. The second-order valence-electron chi connectivity index (χ2n) is 16.9. The van der Waals surface area contributed by atoms with Gasteiger partial charge in [-0.25, -0.2) is 0 Å². The minimum atomic E-state index is -0.812. The van der Waals surface area contributed by atoms with Gasteiger partial charge in [-0.2, -0.15) is 0 Å². The van der Waals surface area contributed by atoms with Crippen molar-refractivity contribution in [2.24, 2.45) is 0 Å². The summed E-state index contributed by atoms with van der Waals surface area (Å²) in [6, 6.07) is -0.730. The van der Waals surface area contributed by atoms with Gasteiger partial charge in [0.2, 0.25) is 5.91 Å². The summed E-state index contributed by atoms with van der Waals surface area (Å²) in [7, 11) is 0. The number of esters is 1. The highest BCUT2D eigenvalue weighted by Gasteiger charge is 2.24. The molecule has 0 rings (SSSR count). The lowest BCUT2D eigenvalue weighted by molar-refractivity contribution is -0.150. The first kappa shape index (κ1) is 59.5. The van der Waals surface area contributed by atoms with Gasteiger partial charge < -0.3 is 20.3 Å². The number of hydrogen-bond donors (Lipinski definition) is 3. The van der Waals surface area contributed by atoms with Crippen LogP contribution in [0, 0.1) is 0 Å². The summed E-state index contributed by atoms with van der Waals surface area (Å²) in [5.41, 5.74) is 0. The summed E-state index contributed by atoms with van der Waals surface area (Å²) in [5.74, 6) is -0.604. The SMILES string of the molecule is CC/C=C\C/C=C\C/C=C\C/C=C\C/C=C\C/C=C\CCC(=O)OC(CCCCCCC/C=C/C=C/C=C/CC)CC(=O)NC(CO)C(O)CCCCCCCCCCCCCC. The number of rotatable bonds is 44. The molecule has 0 saturated carbocycles. The summed E-state index contributed by atoms with van der Waals surface area (Å²) in [4.78, 5) is 26.1. The molecular weight excluding hydrogens is 779 g/mol. The van der Waals surface area contributed by atoms with E-state index in [0.717, 1.165) is 103 Å². The Kier molecular flexibility index (Phi) is 46.8. The molecule has 0 aromatic rings. The van der Waals surface area contributed by atoms with Crippen LogP contribution in [0.4, 0.5) is 0 Å². The van der Waals surface area contributed by atoms with Gasteiger partial charge in [-0.15, -0.1) is 0 Å². The number of hydrogen-bond acceptors (Lipinski definition) is 5. The van der Waals surface area contributed by atoms with E-state index < -0.39 is 18.2 Å². The molecule has 0 spiro atoms. The molecule has 0 saturated heterocycles. The van der Waals surface area contributed by atoms with Crippen LogP contribution in [0.15, 0.2) is 109 Å². The highest BCUT2D eigenvalue weighted by atomic mass is 16.5. The predicted octanol–water partition coefficient (Wildman–Crippen LogP) is 15.5. The van der Waals surface area contributed by atoms with Crippen LogP contribution in [0.3, 0.4) is 0 Å². The molecule has 6 heteroatoms. The third-order valence-electron chi connectivity index (χ3n) is 10.9. The maximum absolute atomic E-state index is 13.2. The Morgan fingerprint density at radius 3 is 1.44 bits per heavy atom. The van der Waals surface area contributed by atoms with E-state index in [0.29, 0.717) is 19.3 Å². The van der Waals surface area contributed by atoms with Gasteiger partial charge in [-0.05, 0) is 83.5 Å². The summed E-state index contributed by atoms with van der Waals surface area (Å²) in [6.07, 6.45) is 67.3. The van der Waals surface area contributed by atoms with Crippen LogP contribution in [0.2, 0.25) is 0 Å². The molecule has 0 aliphatic heterocycles. The Hall–Kier alpha value is -3.48. The van der Waals surface area contributed by atoms with Crippen LogP contribution in [-0.4, -0.2) is 46.9 Å². The van der Waals surface area contributed by atoms with Crippen molar-refractivity contribution < 1.29 is 24.5 Å². The highest BCUT2D eigenvalue weighted by molar-refractivity contribution is 5.77. The first-order chi connectivity index (χ1) is 31.0. The van der Waals surface area contributed by atoms with Crippen molar-refractivity contribution >= 4 is 11.9 Å². The lowest BCUT2D eigenvalue weighted by Crippen LogP contribution is -2.46. The number of aliphatic hydroxyl groups is 2. The fourth-order valence-corrected chi connectivity index (χ4v) is 7.10. The van der Waals surface area contributed by atoms with Crippen LogP contribution in [0.25, 0.3) is 0 Å². The number of amides is 1. The largest absolute Gasteiger partial charge is 0.462 e. The van der Waals surface area contributed by atoms with Gasteiger partial charge in [0.05, 0.1) is 25.2 Å². The average Bonchev–Trinajstić information content (AvgIpc) is 3.28. The molecule has 0 aromatic carbocycles. The van der Waals surface area contributed by atoms with Crippen LogP contribution in [0.1, 0.15) is 213 Å². The van der Waals surface area contributed by atoms with Gasteiger partial charge in [-0.1, -0.05) is 226 Å². The van der Waals surface area contributed by atoms with Crippen LogP contribution >= 0.6 is 0 Å². The molecule has 0 aliphatic carbocycles. The molecule has 3 unspecified atom stereocenters. The summed E-state index contributed by atoms with van der Waals surface area (Å²) in [6.45, 7) is 6.20. The lowest BCUT2D eigenvalue weighted by atomic mass is 10.0. The monoisotopic (exact) mass is 874 g/mol. The summed E-state index contributed by atoms with van der Waals surface area (Å²) in [5, 5.41) is 23.7. The number of allylic oxidation sites excluding steroid dienone is 18. The summed E-state index contributed by atoms with van der Waals surface area (Å²) >= 11 is 0. The third kappa shape index (κ3) is 44.9. The van der Waals surface area contributed by atoms with Crippen molar-refractivity contribution in [3.8, 4) is 0 Å². The van der Waals surface area contributed by atoms with Crippen LogP contribution in [-0.2, 0) is 14.3 Å². The van der Waals surface area contributed by atoms with Gasteiger partial charge in [0.15, 0.2) is 0 Å². The van der Waals surface area contributed by atoms with Gasteiger partial charge in [-0.3, -0.25) is 9.59 Å². The van der Waals surface area contributed by atoms with Crippen LogP contribution < -0.4 is 5.32 Å². The first-order valence-electron chi connectivity index (χ1n) is 25.6. The lowest BCUT2D eigenvalue weighted by Gasteiger charge is -2.24. The molecular formula is C57H95NO5. The second kappa shape index (κ2) is 49.5. The van der Waals surface area contributed by atoms with Gasteiger partial charge >= 0.3 is 5.97 Å². The van der Waals surface area contributed by atoms with Crippen molar-refractivity contribution in [1.29, 1.82) is 0 Å². The van der Waals surface area contributed by atoms with E-state index in [4.69, 9.17) is 4.74 Å². The molecule has 3 N–H and O–H groups in total. The molecule has 0 bridgehead atoms. The molecule has 0 aliphatic rings. The fourth-order valence-electron chi connectivity index (χ4n) is 7.10. The molecule has 358 valence electrons. The number of carbonyl (C=O) groups excluding carboxylic acids is 2. The Morgan fingerprint density at radius 1 is 0.492 bits per heavy atom. The molecule has 6 nitrogen and oxygen atoms in total. The number of carbonyl (C=O) groups is 2. The minimum Gasteiger partial charge on any atom is -0.462 e. The maximum atomic E-state index is 13.2. The zero-order chi connectivity index (χ0) is 45.9. The fraction of sp³-hybridized carbons (Fsp3) is 0.649. The van der Waals surface area contributed by atoms with E-state index in [9.17, 15) is 19.8 Å². The predicted molar refractivity (Wildman–Crippen MR) is 273 cm³/mol. The molecule has 3 atom stereocenters. The number of ether oxygens (including phenoxy) is 1. The normalized spacial score (nSPS) is 14.2. The first-order valence-corrected chi connectivity index (χ1v) is 25.6. The standard InChI is InChI=1S/C57H95NO5/c1-4-7-10-13-16-19-22-25-26-27-28-29-30-32-35-38-41-44-47-50-57(62)63-53(48-45-42-39-36-33-31-23-20-17-14-11-8-5-2)51-56(61)58-54(52-59)55(60)49-46-43-40-37-34-24-21-18-15-12-9-6-3/h7-8,10-11,14,16-17,19-20,23,25-26,28-29,32,35,41,44,53-55,59-60H,4-6,9,12-13,15,18,21-22,24,27,30-31,33-34,36-40,42-43,45-52H2,1-3H3,(H,58,61)/b10-7-,11-8+,17-14+,19-16-,23-20+,26-25-,29-28-,35-32-,44-41-. The molecule has 63 heavy (non-hydrogen) atoms. The number of aliphatic hydroxyl groups excluding tert-OH is 2. The van der Waals surface area contributed by atoms with E-state index in [-0.39, 0.29) is 31.3 Å². The highest BCUT2D eigenvalue weighted by Crippen LogP contribution is 2.17. The van der Waals surface area contributed by atoms with E-state index in [1.807, 2.05) is 6.08 Å². The topological polar surface area (TPSA) is 95.9 Å². The Morgan fingerprint density at radius 2 is 0.937 bits per heavy atom. The molecule has 0 radical (unpaired) electrons. The smallest absolute Gasteiger partial charge is 0.306 e. The Balaban J connectivity index is 4.74. The van der Waals surface area contributed by atoms with E-state index >= 15 is 0 Å². The Bertz CT molecular complexity index is 1300. The van der Waals surface area contributed by atoms with Gasteiger partial charge in [0, 0.05) is 6.42 Å². The number of unbranched alkanes of at least 4 members (excludes halogenated alkanes) is 16. The Labute approximate surface area is 388 Å². The quantitative estimate of drug-likeness (QED) is 0.0245. The zero-order valence-corrected chi connectivity index (χ0v) is 40.7. The minimum absolute atomic E-state index is 0.0270. The second-order valence-corrected chi connectivity index (χ2v) is 16.9. The zero-order valence-electron chi connectivity index (χ0n) is 40.7. The summed E-state index contributed by atoms with van der Waals surface area (Å²) < 4.78 is 5.88. The molecule has 1 amide bonds. The maximum Gasteiger partial charge on any atom is 0.306 e. The van der Waals surface area contributed by atoms with Crippen molar-refractivity contribution in [2.75, 3.05) is 6.61 Å². The van der Waals surface area contributed by atoms with Crippen molar-refractivity contribution in [3.63, 3.8) is 0 Å². The molecule has 0 heterocycles. The molecule has 0 aromatic heterocycles. The van der Waals surface area contributed by atoms with E-state index in [1.54, 1.807) is 0 Å².